The maximum atomic E-state index is 5.97. The molecule has 112 valence electrons. The first-order chi connectivity index (χ1) is 9.65. The van der Waals surface area contributed by atoms with Crippen molar-refractivity contribution in [2.45, 2.75) is 46.3 Å². The average molecular weight is 277 g/mol. The third-order valence-electron chi connectivity index (χ3n) is 3.53. The van der Waals surface area contributed by atoms with E-state index in [1.165, 1.54) is 11.1 Å². The summed E-state index contributed by atoms with van der Waals surface area (Å²) in [6.45, 7) is 10.00. The Hall–Kier alpha value is -1.06. The summed E-state index contributed by atoms with van der Waals surface area (Å²) in [5.74, 6) is 1.65. The minimum Gasteiger partial charge on any atom is -0.491 e. The van der Waals surface area contributed by atoms with E-state index in [0.29, 0.717) is 12.5 Å². The summed E-state index contributed by atoms with van der Waals surface area (Å²) in [7, 11) is 0. The minimum absolute atomic E-state index is 0.271. The van der Waals surface area contributed by atoms with Crippen LogP contribution in [0.5, 0.6) is 5.75 Å². The SMILES string of the molecule is Cc1ccc(OCC2CCCO2)c(CNCC(C)C)c1. The first kappa shape index (κ1) is 15.3. The van der Waals surface area contributed by atoms with Gasteiger partial charge in [0, 0.05) is 18.7 Å². The number of rotatable bonds is 7. The molecule has 0 radical (unpaired) electrons. The second-order valence-electron chi connectivity index (χ2n) is 6.08. The molecule has 1 unspecified atom stereocenters. The Morgan fingerprint density at radius 1 is 1.40 bits per heavy atom. The Morgan fingerprint density at radius 2 is 2.25 bits per heavy atom. The molecule has 0 saturated carbocycles. The maximum Gasteiger partial charge on any atom is 0.123 e. The van der Waals surface area contributed by atoms with Crippen LogP contribution in [0.2, 0.25) is 0 Å². The van der Waals surface area contributed by atoms with Gasteiger partial charge in [0.1, 0.15) is 12.4 Å². The van der Waals surface area contributed by atoms with E-state index in [1.807, 2.05) is 0 Å². The number of hydrogen-bond acceptors (Lipinski definition) is 3. The number of ether oxygens (including phenoxy) is 2. The normalized spacial score (nSPS) is 18.7. The second kappa shape index (κ2) is 7.65. The molecule has 1 N–H and O–H groups in total. The van der Waals surface area contributed by atoms with Crippen LogP contribution in [0.25, 0.3) is 0 Å². The molecule has 0 bridgehead atoms. The van der Waals surface area contributed by atoms with Gasteiger partial charge in [0.25, 0.3) is 0 Å². The number of aryl methyl sites for hydroxylation is 1. The van der Waals surface area contributed by atoms with Crippen LogP contribution < -0.4 is 10.1 Å². The summed E-state index contributed by atoms with van der Waals surface area (Å²) in [5.41, 5.74) is 2.51. The molecule has 0 spiro atoms. The first-order valence-corrected chi connectivity index (χ1v) is 7.70. The molecular weight excluding hydrogens is 250 g/mol. The lowest BCUT2D eigenvalue weighted by Crippen LogP contribution is -2.21. The van der Waals surface area contributed by atoms with E-state index in [9.17, 15) is 0 Å². The fraction of sp³-hybridized carbons (Fsp3) is 0.647. The van der Waals surface area contributed by atoms with Crippen molar-refractivity contribution in [3.63, 3.8) is 0 Å². The third-order valence-corrected chi connectivity index (χ3v) is 3.53. The molecule has 0 aliphatic carbocycles. The Bertz CT molecular complexity index is 411. The molecule has 3 heteroatoms. The molecular formula is C17H27NO2. The lowest BCUT2D eigenvalue weighted by atomic mass is 10.1. The molecule has 1 atom stereocenters. The van der Waals surface area contributed by atoms with Gasteiger partial charge in [-0.2, -0.15) is 0 Å². The van der Waals surface area contributed by atoms with Crippen molar-refractivity contribution < 1.29 is 9.47 Å². The summed E-state index contributed by atoms with van der Waals surface area (Å²) in [5, 5.41) is 3.49. The molecule has 1 saturated heterocycles. The molecule has 0 amide bonds. The van der Waals surface area contributed by atoms with Gasteiger partial charge in [-0.15, -0.1) is 0 Å². The minimum atomic E-state index is 0.271. The summed E-state index contributed by atoms with van der Waals surface area (Å²) >= 11 is 0. The fourth-order valence-electron chi connectivity index (χ4n) is 2.44. The first-order valence-electron chi connectivity index (χ1n) is 7.70. The number of benzene rings is 1. The van der Waals surface area contributed by atoms with Gasteiger partial charge in [-0.25, -0.2) is 0 Å². The molecule has 1 aliphatic rings. The van der Waals surface area contributed by atoms with Crippen molar-refractivity contribution in [1.82, 2.24) is 5.32 Å². The van der Waals surface area contributed by atoms with Gasteiger partial charge >= 0.3 is 0 Å². The van der Waals surface area contributed by atoms with Gasteiger partial charge < -0.3 is 14.8 Å². The van der Waals surface area contributed by atoms with E-state index in [0.717, 1.165) is 38.3 Å². The van der Waals surface area contributed by atoms with Crippen molar-refractivity contribution in [2.24, 2.45) is 5.92 Å². The standard InChI is InChI=1S/C17H27NO2/c1-13(2)10-18-11-15-9-14(3)6-7-17(15)20-12-16-5-4-8-19-16/h6-7,9,13,16,18H,4-5,8,10-12H2,1-3H3. The fourth-order valence-corrected chi connectivity index (χ4v) is 2.44. The quantitative estimate of drug-likeness (QED) is 0.829. The van der Waals surface area contributed by atoms with E-state index >= 15 is 0 Å². The maximum absolute atomic E-state index is 5.97. The average Bonchev–Trinajstić information content (AvgIpc) is 2.90. The smallest absolute Gasteiger partial charge is 0.123 e. The van der Waals surface area contributed by atoms with Crippen LogP contribution in [-0.2, 0) is 11.3 Å². The lowest BCUT2D eigenvalue weighted by molar-refractivity contribution is 0.0676. The van der Waals surface area contributed by atoms with Crippen LogP contribution in [0.1, 0.15) is 37.8 Å². The van der Waals surface area contributed by atoms with Crippen molar-refractivity contribution >= 4 is 0 Å². The van der Waals surface area contributed by atoms with Gasteiger partial charge in [0.05, 0.1) is 6.10 Å². The zero-order valence-electron chi connectivity index (χ0n) is 12.9. The van der Waals surface area contributed by atoms with Crippen LogP contribution in [-0.4, -0.2) is 25.9 Å². The third kappa shape index (κ3) is 4.80. The highest BCUT2D eigenvalue weighted by Crippen LogP contribution is 2.22. The number of nitrogens with one attached hydrogen (secondary N) is 1. The lowest BCUT2D eigenvalue weighted by Gasteiger charge is -2.16. The number of hydrogen-bond donors (Lipinski definition) is 1. The van der Waals surface area contributed by atoms with Crippen LogP contribution in [0.4, 0.5) is 0 Å². The predicted molar refractivity (Wildman–Crippen MR) is 82.2 cm³/mol. The van der Waals surface area contributed by atoms with Crippen molar-refractivity contribution in [2.75, 3.05) is 19.8 Å². The van der Waals surface area contributed by atoms with Crippen LogP contribution in [0.3, 0.4) is 0 Å². The van der Waals surface area contributed by atoms with E-state index in [2.05, 4.69) is 44.3 Å². The molecule has 1 aromatic carbocycles. The highest BCUT2D eigenvalue weighted by molar-refractivity contribution is 5.36. The van der Waals surface area contributed by atoms with Gasteiger partial charge in [-0.3, -0.25) is 0 Å². The van der Waals surface area contributed by atoms with Gasteiger partial charge in [0.15, 0.2) is 0 Å². The summed E-state index contributed by atoms with van der Waals surface area (Å²) in [6.07, 6.45) is 2.55. The summed E-state index contributed by atoms with van der Waals surface area (Å²) in [6, 6.07) is 6.39. The molecule has 2 rings (SSSR count). The Morgan fingerprint density at radius 3 is 2.95 bits per heavy atom. The molecule has 1 aliphatic heterocycles. The largest absolute Gasteiger partial charge is 0.491 e. The van der Waals surface area contributed by atoms with Gasteiger partial charge in [-0.05, 0) is 38.3 Å². The van der Waals surface area contributed by atoms with Crippen molar-refractivity contribution in [1.29, 1.82) is 0 Å². The Balaban J connectivity index is 1.91. The molecule has 0 aromatic heterocycles. The Labute approximate surface area is 122 Å². The molecule has 1 aromatic rings. The molecule has 20 heavy (non-hydrogen) atoms. The highest BCUT2D eigenvalue weighted by atomic mass is 16.5. The van der Waals surface area contributed by atoms with Crippen LogP contribution >= 0.6 is 0 Å². The highest BCUT2D eigenvalue weighted by Gasteiger charge is 2.16. The van der Waals surface area contributed by atoms with E-state index in [4.69, 9.17) is 9.47 Å². The van der Waals surface area contributed by atoms with Crippen LogP contribution in [0, 0.1) is 12.8 Å². The Kier molecular flexibility index (Phi) is 5.86. The van der Waals surface area contributed by atoms with Gasteiger partial charge in [0.2, 0.25) is 0 Å². The molecule has 1 fully saturated rings. The van der Waals surface area contributed by atoms with Crippen molar-refractivity contribution in [3.8, 4) is 5.75 Å². The van der Waals surface area contributed by atoms with E-state index in [1.54, 1.807) is 0 Å². The summed E-state index contributed by atoms with van der Waals surface area (Å²) in [4.78, 5) is 0. The second-order valence-corrected chi connectivity index (χ2v) is 6.08. The van der Waals surface area contributed by atoms with E-state index < -0.39 is 0 Å². The van der Waals surface area contributed by atoms with Gasteiger partial charge in [-0.1, -0.05) is 31.5 Å². The van der Waals surface area contributed by atoms with Crippen molar-refractivity contribution in [3.05, 3.63) is 29.3 Å². The molecule has 1 heterocycles. The topological polar surface area (TPSA) is 30.5 Å². The predicted octanol–water partition coefficient (Wildman–Crippen LogP) is 3.30. The zero-order valence-corrected chi connectivity index (χ0v) is 12.9. The van der Waals surface area contributed by atoms with E-state index in [-0.39, 0.29) is 6.10 Å². The zero-order chi connectivity index (χ0) is 14.4. The van der Waals surface area contributed by atoms with Crippen LogP contribution in [0.15, 0.2) is 18.2 Å². The summed E-state index contributed by atoms with van der Waals surface area (Å²) < 4.78 is 11.6. The molecule has 3 nitrogen and oxygen atoms in total. The monoisotopic (exact) mass is 277 g/mol.